The van der Waals surface area contributed by atoms with Gasteiger partial charge in [0.1, 0.15) is 10.8 Å². The number of nitrogens with one attached hydrogen (secondary N) is 1. The molecule has 1 aromatic heterocycles. The molecule has 19 heavy (non-hydrogen) atoms. The van der Waals surface area contributed by atoms with Gasteiger partial charge in [0.05, 0.1) is 12.9 Å². The molecule has 2 aromatic rings. The minimum absolute atomic E-state index is 0.0861. The summed E-state index contributed by atoms with van der Waals surface area (Å²) in [6, 6.07) is 7.58. The average Bonchev–Trinajstić information content (AvgIpc) is 2.82. The fourth-order valence-electron chi connectivity index (χ4n) is 1.32. The van der Waals surface area contributed by atoms with Crippen molar-refractivity contribution in [1.82, 2.24) is 10.2 Å². The van der Waals surface area contributed by atoms with Crippen molar-refractivity contribution in [2.45, 2.75) is 11.8 Å². The van der Waals surface area contributed by atoms with Crippen LogP contribution in [0.2, 0.25) is 0 Å². The zero-order valence-corrected chi connectivity index (χ0v) is 12.2. The normalized spacial score (nSPS) is 10.2. The Balaban J connectivity index is 1.82. The van der Waals surface area contributed by atoms with E-state index in [9.17, 15) is 4.79 Å². The Morgan fingerprint density at radius 1 is 1.37 bits per heavy atom. The van der Waals surface area contributed by atoms with E-state index in [4.69, 9.17) is 4.74 Å². The SMILES string of the molecule is COc1ccc(SCC(=O)Nc2nnc(C)s2)cc1. The Kier molecular flexibility index (Phi) is 4.75. The van der Waals surface area contributed by atoms with Crippen LogP contribution in [0.3, 0.4) is 0 Å². The molecule has 1 aromatic carbocycles. The fraction of sp³-hybridized carbons (Fsp3) is 0.250. The number of aryl methyl sites for hydroxylation is 1. The van der Waals surface area contributed by atoms with E-state index in [0.717, 1.165) is 15.7 Å². The smallest absolute Gasteiger partial charge is 0.236 e. The third-order valence-electron chi connectivity index (χ3n) is 2.20. The fourth-order valence-corrected chi connectivity index (χ4v) is 2.63. The van der Waals surface area contributed by atoms with Gasteiger partial charge in [0.2, 0.25) is 11.0 Å². The molecule has 1 heterocycles. The van der Waals surface area contributed by atoms with Gasteiger partial charge in [-0.1, -0.05) is 11.3 Å². The van der Waals surface area contributed by atoms with E-state index < -0.39 is 0 Å². The van der Waals surface area contributed by atoms with Crippen molar-refractivity contribution in [2.24, 2.45) is 0 Å². The van der Waals surface area contributed by atoms with Crippen molar-refractivity contribution in [1.29, 1.82) is 0 Å². The molecular weight excluding hydrogens is 282 g/mol. The molecule has 0 atom stereocenters. The first kappa shape index (κ1) is 13.8. The molecule has 0 bridgehead atoms. The van der Waals surface area contributed by atoms with Gasteiger partial charge >= 0.3 is 0 Å². The van der Waals surface area contributed by atoms with Crippen LogP contribution in [0.5, 0.6) is 5.75 Å². The first-order valence-electron chi connectivity index (χ1n) is 5.54. The lowest BCUT2D eigenvalue weighted by Gasteiger charge is -2.03. The van der Waals surface area contributed by atoms with Crippen molar-refractivity contribution < 1.29 is 9.53 Å². The molecule has 0 aliphatic rings. The van der Waals surface area contributed by atoms with Gasteiger partial charge in [-0.25, -0.2) is 0 Å². The molecule has 0 aliphatic heterocycles. The Hall–Kier alpha value is -1.60. The van der Waals surface area contributed by atoms with Crippen LogP contribution < -0.4 is 10.1 Å². The Morgan fingerprint density at radius 3 is 2.68 bits per heavy atom. The number of aromatic nitrogens is 2. The van der Waals surface area contributed by atoms with Crippen LogP contribution in [0, 0.1) is 6.92 Å². The van der Waals surface area contributed by atoms with Gasteiger partial charge in [0.25, 0.3) is 0 Å². The Bertz CT molecular complexity index is 554. The van der Waals surface area contributed by atoms with E-state index in [1.54, 1.807) is 7.11 Å². The first-order chi connectivity index (χ1) is 9.17. The molecule has 0 unspecified atom stereocenters. The number of rotatable bonds is 5. The van der Waals surface area contributed by atoms with Crippen LogP contribution in [0.1, 0.15) is 5.01 Å². The van der Waals surface area contributed by atoms with Crippen LogP contribution in [0.15, 0.2) is 29.2 Å². The molecule has 0 saturated heterocycles. The van der Waals surface area contributed by atoms with Gasteiger partial charge in [-0.2, -0.15) is 0 Å². The number of methoxy groups -OCH3 is 1. The van der Waals surface area contributed by atoms with Gasteiger partial charge in [-0.3, -0.25) is 10.1 Å². The number of hydrogen-bond acceptors (Lipinski definition) is 6. The van der Waals surface area contributed by atoms with Gasteiger partial charge < -0.3 is 4.74 Å². The minimum atomic E-state index is -0.0861. The number of nitrogens with zero attached hydrogens (tertiary/aromatic N) is 2. The topological polar surface area (TPSA) is 64.1 Å². The third-order valence-corrected chi connectivity index (χ3v) is 3.97. The molecular formula is C12H13N3O2S2. The highest BCUT2D eigenvalue weighted by Crippen LogP contribution is 2.21. The first-order valence-corrected chi connectivity index (χ1v) is 7.34. The summed E-state index contributed by atoms with van der Waals surface area (Å²) in [4.78, 5) is 12.7. The number of benzene rings is 1. The molecule has 0 saturated carbocycles. The maximum Gasteiger partial charge on any atom is 0.236 e. The van der Waals surface area contributed by atoms with Crippen LogP contribution in [0.25, 0.3) is 0 Å². The van der Waals surface area contributed by atoms with Gasteiger partial charge in [-0.15, -0.1) is 22.0 Å². The van der Waals surface area contributed by atoms with Crippen molar-refractivity contribution in [3.05, 3.63) is 29.3 Å². The highest BCUT2D eigenvalue weighted by atomic mass is 32.2. The van der Waals surface area contributed by atoms with E-state index in [0.29, 0.717) is 10.9 Å². The number of ether oxygens (including phenoxy) is 1. The standard InChI is InChI=1S/C12H13N3O2S2/c1-8-14-15-12(19-8)13-11(16)7-18-10-5-3-9(17-2)4-6-10/h3-6H,7H2,1-2H3,(H,13,15,16). The maximum atomic E-state index is 11.7. The summed E-state index contributed by atoms with van der Waals surface area (Å²) in [5.74, 6) is 1.06. The highest BCUT2D eigenvalue weighted by Gasteiger charge is 2.07. The number of carbonyl (C=O) groups is 1. The quantitative estimate of drug-likeness (QED) is 0.859. The van der Waals surface area contributed by atoms with Crippen molar-refractivity contribution in [2.75, 3.05) is 18.2 Å². The molecule has 0 spiro atoms. The third kappa shape index (κ3) is 4.22. The summed E-state index contributed by atoms with van der Waals surface area (Å²) in [6.07, 6.45) is 0. The van der Waals surface area contributed by atoms with Crippen LogP contribution in [-0.4, -0.2) is 29.0 Å². The molecule has 5 nitrogen and oxygen atoms in total. The molecule has 2 rings (SSSR count). The molecule has 1 amide bonds. The van der Waals surface area contributed by atoms with Crippen molar-refractivity contribution >= 4 is 34.1 Å². The second kappa shape index (κ2) is 6.53. The number of thioether (sulfide) groups is 1. The van der Waals surface area contributed by atoms with Gasteiger partial charge in [0.15, 0.2) is 0 Å². The second-order valence-corrected chi connectivity index (χ2v) is 5.87. The largest absolute Gasteiger partial charge is 0.497 e. The monoisotopic (exact) mass is 295 g/mol. The van der Waals surface area contributed by atoms with Gasteiger partial charge in [-0.05, 0) is 31.2 Å². The Labute approximate surface area is 119 Å². The van der Waals surface area contributed by atoms with E-state index >= 15 is 0 Å². The van der Waals surface area contributed by atoms with E-state index in [1.165, 1.54) is 23.1 Å². The molecule has 0 radical (unpaired) electrons. The Morgan fingerprint density at radius 2 is 2.11 bits per heavy atom. The number of carbonyl (C=O) groups excluding carboxylic acids is 1. The van der Waals surface area contributed by atoms with Crippen LogP contribution in [0.4, 0.5) is 5.13 Å². The number of amides is 1. The molecule has 0 fully saturated rings. The molecule has 0 aliphatic carbocycles. The zero-order valence-electron chi connectivity index (χ0n) is 10.5. The van der Waals surface area contributed by atoms with Crippen LogP contribution in [-0.2, 0) is 4.79 Å². The average molecular weight is 295 g/mol. The lowest BCUT2D eigenvalue weighted by Crippen LogP contribution is -2.13. The zero-order chi connectivity index (χ0) is 13.7. The number of hydrogen-bond donors (Lipinski definition) is 1. The maximum absolute atomic E-state index is 11.7. The summed E-state index contributed by atoms with van der Waals surface area (Å²) in [6.45, 7) is 1.85. The number of anilines is 1. The lowest BCUT2D eigenvalue weighted by molar-refractivity contribution is -0.113. The van der Waals surface area contributed by atoms with E-state index in [1.807, 2.05) is 31.2 Å². The summed E-state index contributed by atoms with van der Waals surface area (Å²) < 4.78 is 5.07. The van der Waals surface area contributed by atoms with E-state index in [2.05, 4.69) is 15.5 Å². The molecule has 7 heteroatoms. The van der Waals surface area contributed by atoms with Crippen molar-refractivity contribution in [3.8, 4) is 5.75 Å². The summed E-state index contributed by atoms with van der Waals surface area (Å²) >= 11 is 2.83. The van der Waals surface area contributed by atoms with Gasteiger partial charge in [0, 0.05) is 4.90 Å². The predicted molar refractivity (Wildman–Crippen MR) is 77.0 cm³/mol. The summed E-state index contributed by atoms with van der Waals surface area (Å²) in [7, 11) is 1.62. The predicted octanol–water partition coefficient (Wildman–Crippen LogP) is 2.59. The van der Waals surface area contributed by atoms with Crippen molar-refractivity contribution in [3.63, 3.8) is 0 Å². The minimum Gasteiger partial charge on any atom is -0.497 e. The molecule has 100 valence electrons. The van der Waals surface area contributed by atoms with Crippen LogP contribution >= 0.6 is 23.1 Å². The lowest BCUT2D eigenvalue weighted by atomic mass is 10.3. The molecule has 1 N–H and O–H groups in total. The second-order valence-electron chi connectivity index (χ2n) is 3.64. The summed E-state index contributed by atoms with van der Waals surface area (Å²) in [5.41, 5.74) is 0. The summed E-state index contributed by atoms with van der Waals surface area (Å²) in [5, 5.41) is 11.8. The highest BCUT2D eigenvalue weighted by molar-refractivity contribution is 8.00. The van der Waals surface area contributed by atoms with E-state index in [-0.39, 0.29) is 5.91 Å².